The quantitative estimate of drug-likeness (QED) is 0.403. The minimum atomic E-state index is -2.84. The van der Waals surface area contributed by atoms with Crippen LogP contribution in [0, 0.1) is 0 Å². The lowest BCUT2D eigenvalue weighted by Crippen LogP contribution is -2.35. The summed E-state index contributed by atoms with van der Waals surface area (Å²) in [4.78, 5) is 16.0. The van der Waals surface area contributed by atoms with E-state index >= 15 is 0 Å². The summed E-state index contributed by atoms with van der Waals surface area (Å²) in [6.07, 6.45) is 11.0. The van der Waals surface area contributed by atoms with Gasteiger partial charge in [-0.3, -0.25) is 9.17 Å². The average Bonchev–Trinajstić information content (AvgIpc) is 3.31. The molecule has 9 heteroatoms. The zero-order valence-electron chi connectivity index (χ0n) is 19.0. The lowest BCUT2D eigenvalue weighted by molar-refractivity contribution is 0.323. The summed E-state index contributed by atoms with van der Waals surface area (Å²) in [7, 11) is -2.84. The molecular weight excluding hydrogens is 450 g/mol. The van der Waals surface area contributed by atoms with Crippen molar-refractivity contribution in [2.75, 3.05) is 18.0 Å². The minimum Gasteiger partial charge on any atom is -0.343 e. The number of fused-ring (bicyclic) bond motifs is 1. The largest absolute Gasteiger partial charge is 0.343 e. The molecule has 0 atom stereocenters. The Hall–Kier alpha value is -3.30. The molecular formula is C25H27N5O3S. The first-order valence-corrected chi connectivity index (χ1v) is 12.6. The predicted molar refractivity (Wildman–Crippen MR) is 132 cm³/mol. The molecule has 0 amide bonds. The van der Waals surface area contributed by atoms with Gasteiger partial charge in [-0.25, -0.2) is 18.4 Å². The summed E-state index contributed by atoms with van der Waals surface area (Å²) in [5.41, 5.74) is 4.96. The van der Waals surface area contributed by atoms with Crippen molar-refractivity contribution in [1.82, 2.24) is 19.5 Å². The van der Waals surface area contributed by atoms with E-state index in [1.807, 2.05) is 42.9 Å². The Morgan fingerprint density at radius 1 is 0.971 bits per heavy atom. The van der Waals surface area contributed by atoms with Crippen molar-refractivity contribution in [3.8, 4) is 11.3 Å². The first kappa shape index (κ1) is 22.5. The number of piperidine rings is 1. The molecule has 0 N–H and O–H groups in total. The standard InChI is InChI=1S/C25H27N5O3S/c1-2-18-14-27-25(28-15-18)29-10-8-22(9-11-29)30-12-7-21-13-23(26-16-24(21)30)20-5-3-19(4-6-20)17-33-34(31)32/h3-7,12-16,22,34H,2,8-11,17H2,1H3. The number of nitrogens with zero attached hydrogens (tertiary/aromatic N) is 5. The van der Waals surface area contributed by atoms with Crippen molar-refractivity contribution in [3.63, 3.8) is 0 Å². The van der Waals surface area contributed by atoms with Crippen molar-refractivity contribution in [1.29, 1.82) is 0 Å². The molecule has 3 aromatic heterocycles. The first-order chi connectivity index (χ1) is 16.6. The van der Waals surface area contributed by atoms with Crippen LogP contribution in [-0.2, 0) is 28.2 Å². The molecule has 0 aliphatic carbocycles. The van der Waals surface area contributed by atoms with Crippen molar-refractivity contribution in [2.24, 2.45) is 0 Å². The van der Waals surface area contributed by atoms with Gasteiger partial charge in [0.05, 0.1) is 24.0 Å². The van der Waals surface area contributed by atoms with Crippen LogP contribution in [0.5, 0.6) is 0 Å². The molecule has 34 heavy (non-hydrogen) atoms. The summed E-state index contributed by atoms with van der Waals surface area (Å²) in [6, 6.07) is 12.3. The van der Waals surface area contributed by atoms with E-state index in [4.69, 9.17) is 4.98 Å². The molecule has 0 spiro atoms. The smallest absolute Gasteiger partial charge is 0.257 e. The Balaban J connectivity index is 1.27. The predicted octanol–water partition coefficient (Wildman–Crippen LogP) is 3.94. The Morgan fingerprint density at radius 3 is 2.38 bits per heavy atom. The van der Waals surface area contributed by atoms with Gasteiger partial charge in [0.15, 0.2) is 0 Å². The third kappa shape index (κ3) is 4.80. The molecule has 1 aliphatic rings. The van der Waals surface area contributed by atoms with Gasteiger partial charge in [-0.1, -0.05) is 31.2 Å². The molecule has 0 bridgehead atoms. The van der Waals surface area contributed by atoms with Gasteiger partial charge in [-0.15, -0.1) is 0 Å². The third-order valence-electron chi connectivity index (χ3n) is 6.43. The lowest BCUT2D eigenvalue weighted by atomic mass is 10.0. The fourth-order valence-electron chi connectivity index (χ4n) is 4.47. The van der Waals surface area contributed by atoms with Crippen molar-refractivity contribution in [2.45, 2.75) is 38.8 Å². The van der Waals surface area contributed by atoms with Crippen molar-refractivity contribution in [3.05, 3.63) is 72.3 Å². The Morgan fingerprint density at radius 2 is 1.71 bits per heavy atom. The number of benzene rings is 1. The van der Waals surface area contributed by atoms with Gasteiger partial charge in [0.25, 0.3) is 11.0 Å². The Bertz CT molecular complexity index is 1330. The van der Waals surface area contributed by atoms with Gasteiger partial charge in [-0.2, -0.15) is 0 Å². The summed E-state index contributed by atoms with van der Waals surface area (Å²) in [5.74, 6) is 0.818. The van der Waals surface area contributed by atoms with E-state index in [0.717, 1.165) is 71.6 Å². The van der Waals surface area contributed by atoms with E-state index in [1.165, 1.54) is 0 Å². The molecule has 1 aliphatic heterocycles. The van der Waals surface area contributed by atoms with Gasteiger partial charge in [-0.05, 0) is 42.5 Å². The number of aryl methyl sites for hydroxylation is 1. The maximum absolute atomic E-state index is 10.6. The fraction of sp³-hybridized carbons (Fsp3) is 0.320. The highest BCUT2D eigenvalue weighted by molar-refractivity contribution is 7.67. The van der Waals surface area contributed by atoms with Crippen LogP contribution in [0.2, 0.25) is 0 Å². The maximum Gasteiger partial charge on any atom is 0.257 e. The number of thiol groups is 1. The highest BCUT2D eigenvalue weighted by atomic mass is 32.2. The molecule has 0 radical (unpaired) electrons. The van der Waals surface area contributed by atoms with E-state index in [9.17, 15) is 8.42 Å². The van der Waals surface area contributed by atoms with Gasteiger partial charge >= 0.3 is 0 Å². The molecule has 0 saturated carbocycles. The van der Waals surface area contributed by atoms with Crippen LogP contribution in [0.25, 0.3) is 22.2 Å². The average molecular weight is 478 g/mol. The van der Waals surface area contributed by atoms with Gasteiger partial charge in [0.2, 0.25) is 5.95 Å². The number of anilines is 1. The molecule has 176 valence electrons. The van der Waals surface area contributed by atoms with E-state index < -0.39 is 11.0 Å². The van der Waals surface area contributed by atoms with Crippen molar-refractivity contribution < 1.29 is 12.6 Å². The minimum absolute atomic E-state index is 0.0449. The monoisotopic (exact) mass is 477 g/mol. The van der Waals surface area contributed by atoms with Crippen LogP contribution in [0.3, 0.4) is 0 Å². The zero-order chi connectivity index (χ0) is 23.5. The van der Waals surface area contributed by atoms with Gasteiger partial charge < -0.3 is 9.47 Å². The van der Waals surface area contributed by atoms with Gasteiger partial charge in [0, 0.05) is 48.7 Å². The zero-order valence-corrected chi connectivity index (χ0v) is 19.9. The lowest BCUT2D eigenvalue weighted by Gasteiger charge is -2.33. The van der Waals surface area contributed by atoms with Crippen LogP contribution in [-0.4, -0.2) is 41.0 Å². The van der Waals surface area contributed by atoms with Crippen LogP contribution in [0.15, 0.2) is 61.2 Å². The van der Waals surface area contributed by atoms with E-state index in [1.54, 1.807) is 0 Å². The van der Waals surface area contributed by atoms with E-state index in [0.29, 0.717) is 6.04 Å². The fourth-order valence-corrected chi connectivity index (χ4v) is 4.72. The summed E-state index contributed by atoms with van der Waals surface area (Å²) in [5, 5.41) is 1.15. The molecule has 1 saturated heterocycles. The number of aromatic nitrogens is 4. The highest BCUT2D eigenvalue weighted by Crippen LogP contribution is 2.30. The maximum atomic E-state index is 10.6. The summed E-state index contributed by atoms with van der Waals surface area (Å²) >= 11 is 0. The molecule has 4 aromatic rings. The van der Waals surface area contributed by atoms with Crippen LogP contribution in [0.4, 0.5) is 5.95 Å². The number of pyridine rings is 1. The number of rotatable bonds is 7. The second-order valence-electron chi connectivity index (χ2n) is 8.51. The summed E-state index contributed by atoms with van der Waals surface area (Å²) < 4.78 is 28.2. The van der Waals surface area contributed by atoms with E-state index in [2.05, 4.69) is 48.9 Å². The van der Waals surface area contributed by atoms with Crippen LogP contribution in [0.1, 0.15) is 36.9 Å². The SMILES string of the molecule is CCc1cnc(N2CCC(n3ccc4cc(-c5ccc(CO[SH](=O)=O)cc5)ncc43)CC2)nc1. The molecule has 5 rings (SSSR count). The normalized spacial score (nSPS) is 14.8. The van der Waals surface area contributed by atoms with E-state index in [-0.39, 0.29) is 6.61 Å². The van der Waals surface area contributed by atoms with Crippen LogP contribution < -0.4 is 4.90 Å². The highest BCUT2D eigenvalue weighted by Gasteiger charge is 2.23. The van der Waals surface area contributed by atoms with Crippen molar-refractivity contribution >= 4 is 27.8 Å². The number of hydrogen-bond donors (Lipinski definition) is 1. The molecule has 0 unspecified atom stereocenters. The van der Waals surface area contributed by atoms with Crippen LogP contribution >= 0.6 is 0 Å². The second-order valence-corrected chi connectivity index (χ2v) is 9.21. The molecule has 1 aromatic carbocycles. The molecule has 8 nitrogen and oxygen atoms in total. The van der Waals surface area contributed by atoms with Gasteiger partial charge in [0.1, 0.15) is 0 Å². The Labute approximate surface area is 200 Å². The topological polar surface area (TPSA) is 90.2 Å². The Kier molecular flexibility index (Phi) is 6.55. The molecule has 4 heterocycles. The number of hydrogen-bond acceptors (Lipinski definition) is 7. The second kappa shape index (κ2) is 9.90. The first-order valence-electron chi connectivity index (χ1n) is 11.5. The summed E-state index contributed by atoms with van der Waals surface area (Å²) in [6.45, 7) is 4.01. The third-order valence-corrected chi connectivity index (χ3v) is 6.77. The molecule has 1 fully saturated rings.